The first kappa shape index (κ1) is 13.2. The van der Waals surface area contributed by atoms with E-state index in [1.54, 1.807) is 0 Å². The van der Waals surface area contributed by atoms with Crippen molar-refractivity contribution in [1.82, 2.24) is 15.3 Å². The zero-order valence-electron chi connectivity index (χ0n) is 11.2. The molecule has 1 N–H and O–H groups in total. The van der Waals surface area contributed by atoms with Gasteiger partial charge in [-0.25, -0.2) is 9.97 Å². The van der Waals surface area contributed by atoms with Gasteiger partial charge in [-0.05, 0) is 19.9 Å². The van der Waals surface area contributed by atoms with Gasteiger partial charge in [-0.2, -0.15) is 0 Å². The van der Waals surface area contributed by atoms with Crippen molar-refractivity contribution < 1.29 is 4.74 Å². The van der Waals surface area contributed by atoms with Crippen LogP contribution in [-0.2, 0) is 11.3 Å². The molecule has 100 valence electrons. The van der Waals surface area contributed by atoms with Crippen LogP contribution in [-0.4, -0.2) is 42.3 Å². The molecule has 0 radical (unpaired) electrons. The second kappa shape index (κ2) is 6.66. The molecular weight excluding hydrogens is 228 g/mol. The second-order valence-electron chi connectivity index (χ2n) is 4.70. The fraction of sp³-hybridized carbons (Fsp3) is 0.692. The Bertz CT molecular complexity index is 355. The molecule has 0 amide bonds. The number of ether oxygens (including phenoxy) is 1. The van der Waals surface area contributed by atoms with Crippen molar-refractivity contribution in [1.29, 1.82) is 0 Å². The standard InChI is InChI=1S/C13H22N4O/c1-3-4-14-7-12-8-15-13(16-9-12)17-5-6-18-11(2)10-17/h8-9,11,14H,3-7,10H2,1-2H3. The summed E-state index contributed by atoms with van der Waals surface area (Å²) in [6.45, 7) is 8.60. The third kappa shape index (κ3) is 3.65. The minimum absolute atomic E-state index is 0.258. The summed E-state index contributed by atoms with van der Waals surface area (Å²) < 4.78 is 5.51. The van der Waals surface area contributed by atoms with E-state index in [-0.39, 0.29) is 6.10 Å². The van der Waals surface area contributed by atoms with E-state index in [1.807, 2.05) is 12.4 Å². The lowest BCUT2D eigenvalue weighted by Gasteiger charge is -2.31. The van der Waals surface area contributed by atoms with Crippen molar-refractivity contribution >= 4 is 5.95 Å². The summed E-state index contributed by atoms with van der Waals surface area (Å²) >= 11 is 0. The van der Waals surface area contributed by atoms with Crippen LogP contribution in [0.2, 0.25) is 0 Å². The fourth-order valence-corrected chi connectivity index (χ4v) is 2.01. The van der Waals surface area contributed by atoms with Gasteiger partial charge in [-0.1, -0.05) is 6.92 Å². The van der Waals surface area contributed by atoms with Crippen molar-refractivity contribution in [2.45, 2.75) is 32.9 Å². The molecule has 2 rings (SSSR count). The molecule has 1 saturated heterocycles. The number of hydrogen-bond acceptors (Lipinski definition) is 5. The van der Waals surface area contributed by atoms with Gasteiger partial charge in [0, 0.05) is 37.6 Å². The number of aromatic nitrogens is 2. The summed E-state index contributed by atoms with van der Waals surface area (Å²) in [4.78, 5) is 11.0. The van der Waals surface area contributed by atoms with Crippen LogP contribution in [0.25, 0.3) is 0 Å². The number of hydrogen-bond donors (Lipinski definition) is 1. The maximum absolute atomic E-state index is 5.51. The predicted octanol–water partition coefficient (Wildman–Crippen LogP) is 1.20. The van der Waals surface area contributed by atoms with Crippen molar-refractivity contribution in [2.75, 3.05) is 31.1 Å². The van der Waals surface area contributed by atoms with Crippen LogP contribution in [0, 0.1) is 0 Å². The fourth-order valence-electron chi connectivity index (χ4n) is 2.01. The largest absolute Gasteiger partial charge is 0.375 e. The smallest absolute Gasteiger partial charge is 0.225 e. The first-order valence-corrected chi connectivity index (χ1v) is 6.67. The van der Waals surface area contributed by atoms with Crippen molar-refractivity contribution in [3.05, 3.63) is 18.0 Å². The van der Waals surface area contributed by atoms with E-state index in [4.69, 9.17) is 4.74 Å². The lowest BCUT2D eigenvalue weighted by atomic mass is 10.3. The number of anilines is 1. The summed E-state index contributed by atoms with van der Waals surface area (Å²) in [7, 11) is 0. The van der Waals surface area contributed by atoms with Gasteiger partial charge in [0.25, 0.3) is 0 Å². The number of morpholine rings is 1. The Kier molecular flexibility index (Phi) is 4.90. The molecule has 1 aromatic rings. The molecule has 0 aromatic carbocycles. The Balaban J connectivity index is 1.90. The highest BCUT2D eigenvalue weighted by molar-refractivity contribution is 5.30. The zero-order chi connectivity index (χ0) is 12.8. The lowest BCUT2D eigenvalue weighted by molar-refractivity contribution is 0.0526. The van der Waals surface area contributed by atoms with Crippen molar-refractivity contribution in [3.8, 4) is 0 Å². The molecule has 5 nitrogen and oxygen atoms in total. The molecule has 1 aromatic heterocycles. The quantitative estimate of drug-likeness (QED) is 0.796. The van der Waals surface area contributed by atoms with Crippen LogP contribution in [0.1, 0.15) is 25.8 Å². The molecule has 0 bridgehead atoms. The molecular formula is C13H22N4O. The van der Waals surface area contributed by atoms with Crippen LogP contribution < -0.4 is 10.2 Å². The molecule has 18 heavy (non-hydrogen) atoms. The zero-order valence-corrected chi connectivity index (χ0v) is 11.2. The Hall–Kier alpha value is -1.20. The Labute approximate surface area is 109 Å². The highest BCUT2D eigenvalue weighted by Gasteiger charge is 2.18. The topological polar surface area (TPSA) is 50.3 Å². The highest BCUT2D eigenvalue weighted by Crippen LogP contribution is 2.12. The van der Waals surface area contributed by atoms with Crippen molar-refractivity contribution in [3.63, 3.8) is 0 Å². The summed E-state index contributed by atoms with van der Waals surface area (Å²) in [5, 5.41) is 3.34. The first-order chi connectivity index (χ1) is 8.79. The van der Waals surface area contributed by atoms with Gasteiger partial charge in [0.15, 0.2) is 0 Å². The number of nitrogens with one attached hydrogen (secondary N) is 1. The summed E-state index contributed by atoms with van der Waals surface area (Å²) in [5.41, 5.74) is 1.13. The van der Waals surface area contributed by atoms with Crippen LogP contribution in [0.3, 0.4) is 0 Å². The molecule has 0 spiro atoms. The molecule has 1 atom stereocenters. The van der Waals surface area contributed by atoms with Gasteiger partial charge >= 0.3 is 0 Å². The van der Waals surface area contributed by atoms with Gasteiger partial charge in [0.05, 0.1) is 12.7 Å². The van der Waals surface area contributed by atoms with E-state index in [0.29, 0.717) is 0 Å². The van der Waals surface area contributed by atoms with E-state index in [9.17, 15) is 0 Å². The van der Waals surface area contributed by atoms with E-state index in [2.05, 4.69) is 34.0 Å². The third-order valence-corrected chi connectivity index (χ3v) is 2.97. The summed E-state index contributed by atoms with van der Waals surface area (Å²) in [6.07, 6.45) is 5.22. The van der Waals surface area contributed by atoms with Gasteiger partial charge < -0.3 is 15.0 Å². The van der Waals surface area contributed by atoms with Crippen molar-refractivity contribution in [2.24, 2.45) is 0 Å². The lowest BCUT2D eigenvalue weighted by Crippen LogP contribution is -2.42. The van der Waals surface area contributed by atoms with E-state index < -0.39 is 0 Å². The number of rotatable bonds is 5. The van der Waals surface area contributed by atoms with Gasteiger partial charge in [0.2, 0.25) is 5.95 Å². The molecule has 1 unspecified atom stereocenters. The Morgan fingerprint density at radius 2 is 2.22 bits per heavy atom. The minimum Gasteiger partial charge on any atom is -0.375 e. The highest BCUT2D eigenvalue weighted by atomic mass is 16.5. The SMILES string of the molecule is CCCNCc1cnc(N2CCOC(C)C2)nc1. The van der Waals surface area contributed by atoms with Crippen LogP contribution in [0.5, 0.6) is 0 Å². The molecule has 0 aliphatic carbocycles. The Morgan fingerprint density at radius 3 is 2.89 bits per heavy atom. The van der Waals surface area contributed by atoms with Gasteiger partial charge in [0.1, 0.15) is 0 Å². The Morgan fingerprint density at radius 1 is 1.44 bits per heavy atom. The molecule has 0 saturated carbocycles. The van der Waals surface area contributed by atoms with Gasteiger partial charge in [-0.3, -0.25) is 0 Å². The van der Waals surface area contributed by atoms with Gasteiger partial charge in [-0.15, -0.1) is 0 Å². The molecule has 1 aliphatic rings. The summed E-state index contributed by atoms with van der Waals surface area (Å²) in [6, 6.07) is 0. The normalized spacial score (nSPS) is 20.1. The number of nitrogens with zero attached hydrogens (tertiary/aromatic N) is 3. The minimum atomic E-state index is 0.258. The second-order valence-corrected chi connectivity index (χ2v) is 4.70. The van der Waals surface area contributed by atoms with Crippen LogP contribution in [0.15, 0.2) is 12.4 Å². The first-order valence-electron chi connectivity index (χ1n) is 6.67. The molecule has 1 aliphatic heterocycles. The maximum atomic E-state index is 5.51. The molecule has 5 heteroatoms. The van der Waals surface area contributed by atoms with E-state index in [0.717, 1.165) is 50.7 Å². The average Bonchev–Trinajstić information content (AvgIpc) is 2.40. The van der Waals surface area contributed by atoms with E-state index in [1.165, 1.54) is 0 Å². The van der Waals surface area contributed by atoms with Crippen LogP contribution in [0.4, 0.5) is 5.95 Å². The third-order valence-electron chi connectivity index (χ3n) is 2.97. The summed E-state index contributed by atoms with van der Waals surface area (Å²) in [5.74, 6) is 0.810. The predicted molar refractivity (Wildman–Crippen MR) is 71.7 cm³/mol. The molecule has 1 fully saturated rings. The van der Waals surface area contributed by atoms with E-state index >= 15 is 0 Å². The average molecular weight is 250 g/mol. The monoisotopic (exact) mass is 250 g/mol. The maximum Gasteiger partial charge on any atom is 0.225 e. The molecule has 2 heterocycles. The van der Waals surface area contributed by atoms with Crippen LogP contribution >= 0.6 is 0 Å².